The number of nitrogens with zero attached hydrogens (tertiary/aromatic N) is 4. The molecule has 1 aromatic heterocycles. The average Bonchev–Trinajstić information content (AvgIpc) is 2.66. The fourth-order valence-electron chi connectivity index (χ4n) is 3.88. The van der Waals surface area contributed by atoms with Crippen LogP contribution < -0.4 is 15.5 Å². The third-order valence-electron chi connectivity index (χ3n) is 5.30. The number of anilines is 2. The molecule has 0 radical (unpaired) electrons. The lowest BCUT2D eigenvalue weighted by molar-refractivity contribution is -0.120. The molecule has 0 spiro atoms. The minimum atomic E-state index is -0.469. The summed E-state index contributed by atoms with van der Waals surface area (Å²) in [4.78, 5) is 45.6. The molecule has 1 aromatic rings. The van der Waals surface area contributed by atoms with Crippen molar-refractivity contribution in [1.29, 1.82) is 0 Å². The highest BCUT2D eigenvalue weighted by Crippen LogP contribution is 2.18. The predicted octanol–water partition coefficient (Wildman–Crippen LogP) is -0.147. The van der Waals surface area contributed by atoms with Gasteiger partial charge in [-0.2, -0.15) is 0 Å². The third kappa shape index (κ3) is 5.28. The smallest absolute Gasteiger partial charge is 0.328 e. The molecule has 0 bridgehead atoms. The van der Waals surface area contributed by atoms with Gasteiger partial charge in [-0.3, -0.25) is 29.6 Å². The van der Waals surface area contributed by atoms with E-state index in [4.69, 9.17) is 5.11 Å². The van der Waals surface area contributed by atoms with E-state index in [-0.39, 0.29) is 43.5 Å². The topological polar surface area (TPSA) is 118 Å². The number of aromatic nitrogens is 1. The fraction of sp³-hybridized carbons (Fsp3) is 0.579. The maximum absolute atomic E-state index is 12.5. The molecular formula is C19H28N6O4. The van der Waals surface area contributed by atoms with E-state index in [1.807, 2.05) is 0 Å². The van der Waals surface area contributed by atoms with Gasteiger partial charge in [0.1, 0.15) is 5.82 Å². The first-order chi connectivity index (χ1) is 13.9. The Balaban J connectivity index is 1.54. The highest BCUT2D eigenvalue weighted by Gasteiger charge is 2.30. The van der Waals surface area contributed by atoms with Crippen molar-refractivity contribution >= 4 is 29.4 Å². The standard InChI is InChI=1S/C19H28N6O4/c1-13-10-23(7-8-26)11-14(2)25(13)12-18(28)21-16-4-3-15(9-20-16)24-6-5-17(27)22-19(24)29/h3-4,9,13-14,26H,5-8,10-12H2,1-2H3,(H,20,21,28)(H,22,27,29)/t13-,14?/m1/s1. The summed E-state index contributed by atoms with van der Waals surface area (Å²) in [6.45, 7) is 7.12. The molecule has 10 heteroatoms. The Kier molecular flexibility index (Phi) is 6.78. The lowest BCUT2D eigenvalue weighted by atomic mass is 10.1. The molecule has 2 atom stereocenters. The Bertz CT molecular complexity index is 744. The van der Waals surface area contributed by atoms with Crippen LogP contribution in [0.2, 0.25) is 0 Å². The van der Waals surface area contributed by atoms with E-state index in [9.17, 15) is 14.4 Å². The predicted molar refractivity (Wildman–Crippen MR) is 108 cm³/mol. The van der Waals surface area contributed by atoms with Crippen molar-refractivity contribution in [2.45, 2.75) is 32.4 Å². The number of urea groups is 1. The first-order valence-electron chi connectivity index (χ1n) is 9.83. The number of imide groups is 1. The number of carbonyl (C=O) groups excluding carboxylic acids is 3. The number of nitrogens with one attached hydrogen (secondary N) is 2. The Morgan fingerprint density at radius 3 is 2.59 bits per heavy atom. The van der Waals surface area contributed by atoms with Crippen LogP contribution >= 0.6 is 0 Å². The van der Waals surface area contributed by atoms with Crippen LogP contribution in [-0.2, 0) is 9.59 Å². The van der Waals surface area contributed by atoms with Crippen LogP contribution in [0.3, 0.4) is 0 Å². The first kappa shape index (κ1) is 21.2. The normalized spacial score (nSPS) is 23.8. The number of hydrogen-bond acceptors (Lipinski definition) is 7. The van der Waals surface area contributed by atoms with Gasteiger partial charge in [-0.1, -0.05) is 0 Å². The minimum Gasteiger partial charge on any atom is -0.395 e. The van der Waals surface area contributed by atoms with Crippen LogP contribution in [0.15, 0.2) is 18.3 Å². The molecule has 4 amide bonds. The van der Waals surface area contributed by atoms with E-state index in [1.54, 1.807) is 12.1 Å². The summed E-state index contributed by atoms with van der Waals surface area (Å²) in [5, 5.41) is 14.2. The van der Waals surface area contributed by atoms with Crippen LogP contribution in [-0.4, -0.2) is 89.2 Å². The summed E-state index contributed by atoms with van der Waals surface area (Å²) < 4.78 is 0. The first-order valence-corrected chi connectivity index (χ1v) is 9.83. The van der Waals surface area contributed by atoms with Gasteiger partial charge in [-0.25, -0.2) is 9.78 Å². The largest absolute Gasteiger partial charge is 0.395 e. The summed E-state index contributed by atoms with van der Waals surface area (Å²) in [7, 11) is 0. The molecule has 0 aliphatic carbocycles. The summed E-state index contributed by atoms with van der Waals surface area (Å²) in [6.07, 6.45) is 1.75. The van der Waals surface area contributed by atoms with Gasteiger partial charge >= 0.3 is 6.03 Å². The number of amides is 4. The lowest BCUT2D eigenvalue weighted by Crippen LogP contribution is -2.58. The number of rotatable bonds is 6. The van der Waals surface area contributed by atoms with E-state index in [2.05, 4.69) is 39.3 Å². The number of aliphatic hydroxyl groups excluding tert-OH is 1. The van der Waals surface area contributed by atoms with E-state index in [1.165, 1.54) is 11.1 Å². The van der Waals surface area contributed by atoms with E-state index >= 15 is 0 Å². The van der Waals surface area contributed by atoms with Crippen molar-refractivity contribution in [3.8, 4) is 0 Å². The lowest BCUT2D eigenvalue weighted by Gasteiger charge is -2.43. The van der Waals surface area contributed by atoms with Crippen molar-refractivity contribution in [1.82, 2.24) is 20.1 Å². The molecule has 10 nitrogen and oxygen atoms in total. The van der Waals surface area contributed by atoms with Gasteiger partial charge in [-0.05, 0) is 26.0 Å². The molecule has 3 N–H and O–H groups in total. The van der Waals surface area contributed by atoms with Crippen molar-refractivity contribution in [3.05, 3.63) is 18.3 Å². The second-order valence-electron chi connectivity index (χ2n) is 7.56. The van der Waals surface area contributed by atoms with Gasteiger partial charge in [0.25, 0.3) is 0 Å². The van der Waals surface area contributed by atoms with Crippen molar-refractivity contribution < 1.29 is 19.5 Å². The summed E-state index contributed by atoms with van der Waals surface area (Å²) in [5.74, 6) is -0.0314. The van der Waals surface area contributed by atoms with E-state index < -0.39 is 6.03 Å². The highest BCUT2D eigenvalue weighted by atomic mass is 16.3. The number of carbonyl (C=O) groups is 3. The number of β-amino-alcohol motifs (C(OH)–C–C–N with tert-alkyl or cyclic N) is 1. The molecule has 3 rings (SSSR count). The second-order valence-corrected chi connectivity index (χ2v) is 7.56. The molecule has 3 heterocycles. The SMILES string of the molecule is CC1CN(CCO)C[C@@H](C)N1CC(=O)Nc1ccc(N2CCC(=O)NC2=O)cn1. The number of piperazine rings is 1. The number of aliphatic hydroxyl groups is 1. The Labute approximate surface area is 169 Å². The van der Waals surface area contributed by atoms with Crippen LogP contribution in [0, 0.1) is 0 Å². The molecule has 2 aliphatic rings. The average molecular weight is 404 g/mol. The highest BCUT2D eigenvalue weighted by molar-refractivity contribution is 6.05. The Hall–Kier alpha value is -2.56. The van der Waals surface area contributed by atoms with Crippen LogP contribution in [0.5, 0.6) is 0 Å². The van der Waals surface area contributed by atoms with Crippen LogP contribution in [0.25, 0.3) is 0 Å². The molecule has 2 fully saturated rings. The summed E-state index contributed by atoms with van der Waals surface area (Å²) in [6, 6.07) is 3.27. The monoisotopic (exact) mass is 404 g/mol. The van der Waals surface area contributed by atoms with Gasteiger partial charge in [-0.15, -0.1) is 0 Å². The molecule has 29 heavy (non-hydrogen) atoms. The van der Waals surface area contributed by atoms with Gasteiger partial charge in [0.2, 0.25) is 11.8 Å². The van der Waals surface area contributed by atoms with Gasteiger partial charge in [0.15, 0.2) is 0 Å². The second kappa shape index (κ2) is 9.29. The quantitative estimate of drug-likeness (QED) is 0.604. The van der Waals surface area contributed by atoms with Crippen molar-refractivity contribution in [2.75, 3.05) is 49.5 Å². The Morgan fingerprint density at radius 2 is 2.00 bits per heavy atom. The Morgan fingerprint density at radius 1 is 1.28 bits per heavy atom. The summed E-state index contributed by atoms with van der Waals surface area (Å²) in [5.41, 5.74) is 0.565. The minimum absolute atomic E-state index is 0.136. The van der Waals surface area contributed by atoms with Crippen molar-refractivity contribution in [3.63, 3.8) is 0 Å². The van der Waals surface area contributed by atoms with Crippen molar-refractivity contribution in [2.24, 2.45) is 0 Å². The summed E-state index contributed by atoms with van der Waals surface area (Å²) >= 11 is 0. The maximum Gasteiger partial charge on any atom is 0.328 e. The zero-order chi connectivity index (χ0) is 21.0. The van der Waals surface area contributed by atoms with Gasteiger partial charge < -0.3 is 10.4 Å². The molecule has 1 unspecified atom stereocenters. The molecular weight excluding hydrogens is 376 g/mol. The number of pyridine rings is 1. The molecule has 0 saturated carbocycles. The number of hydrogen-bond donors (Lipinski definition) is 3. The zero-order valence-corrected chi connectivity index (χ0v) is 16.8. The van der Waals surface area contributed by atoms with E-state index in [0.29, 0.717) is 24.6 Å². The zero-order valence-electron chi connectivity index (χ0n) is 16.8. The third-order valence-corrected chi connectivity index (χ3v) is 5.30. The van der Waals surface area contributed by atoms with Crippen LogP contribution in [0.4, 0.5) is 16.3 Å². The van der Waals surface area contributed by atoms with Gasteiger partial charge in [0.05, 0.1) is 25.0 Å². The fourth-order valence-corrected chi connectivity index (χ4v) is 3.88. The molecule has 0 aromatic carbocycles. The molecule has 158 valence electrons. The van der Waals surface area contributed by atoms with E-state index in [0.717, 1.165) is 13.1 Å². The van der Waals surface area contributed by atoms with Crippen LogP contribution in [0.1, 0.15) is 20.3 Å². The molecule has 2 saturated heterocycles. The van der Waals surface area contributed by atoms with Gasteiger partial charge in [0, 0.05) is 44.7 Å². The maximum atomic E-state index is 12.5. The molecule has 2 aliphatic heterocycles.